The van der Waals surface area contributed by atoms with Crippen LogP contribution in [0, 0.1) is 13.8 Å². The fourth-order valence-corrected chi connectivity index (χ4v) is 2.48. The molecule has 0 fully saturated rings. The van der Waals surface area contributed by atoms with E-state index in [2.05, 4.69) is 30.5 Å². The second-order valence-corrected chi connectivity index (χ2v) is 5.93. The molecule has 2 amide bonds. The topological polar surface area (TPSA) is 41.1 Å². The Balaban J connectivity index is 2.05. The molecule has 2 aromatic carbocycles. The lowest BCUT2D eigenvalue weighted by Gasteiger charge is -2.17. The Morgan fingerprint density at radius 3 is 2.36 bits per heavy atom. The monoisotopic (exact) mass is 296 g/mol. The van der Waals surface area contributed by atoms with E-state index in [-0.39, 0.29) is 6.03 Å². The first-order chi connectivity index (χ1) is 10.5. The molecular formula is C19H24N2O. The van der Waals surface area contributed by atoms with Gasteiger partial charge in [-0.05, 0) is 42.0 Å². The summed E-state index contributed by atoms with van der Waals surface area (Å²) in [4.78, 5) is 12.2. The van der Waals surface area contributed by atoms with Gasteiger partial charge in [0.25, 0.3) is 0 Å². The van der Waals surface area contributed by atoms with Crippen LogP contribution in [0.15, 0.2) is 42.5 Å². The average molecular weight is 296 g/mol. The number of hydrogen-bond acceptors (Lipinski definition) is 1. The summed E-state index contributed by atoms with van der Waals surface area (Å²) in [5.74, 6) is 0.367. The number of carbonyl (C=O) groups excluding carboxylic acids is 1. The summed E-state index contributed by atoms with van der Waals surface area (Å²) in [6.07, 6.45) is 0. The predicted molar refractivity (Wildman–Crippen MR) is 92.3 cm³/mol. The predicted octanol–water partition coefficient (Wildman–Crippen LogP) is 4.75. The highest BCUT2D eigenvalue weighted by Gasteiger charge is 2.11. The fraction of sp³-hybridized carbons (Fsp3) is 0.316. The van der Waals surface area contributed by atoms with E-state index in [1.54, 1.807) is 0 Å². The van der Waals surface area contributed by atoms with Gasteiger partial charge in [0.2, 0.25) is 0 Å². The van der Waals surface area contributed by atoms with Crippen LogP contribution in [0.1, 0.15) is 42.0 Å². The van der Waals surface area contributed by atoms with Gasteiger partial charge in [0, 0.05) is 12.2 Å². The summed E-state index contributed by atoms with van der Waals surface area (Å²) in [5, 5.41) is 5.93. The smallest absolute Gasteiger partial charge is 0.319 e. The van der Waals surface area contributed by atoms with Crippen molar-refractivity contribution >= 4 is 11.7 Å². The molecule has 116 valence electrons. The highest BCUT2D eigenvalue weighted by atomic mass is 16.2. The van der Waals surface area contributed by atoms with Crippen LogP contribution in [0.25, 0.3) is 0 Å². The molecule has 3 nitrogen and oxygen atoms in total. The van der Waals surface area contributed by atoms with Gasteiger partial charge in [-0.15, -0.1) is 0 Å². The number of benzene rings is 2. The van der Waals surface area contributed by atoms with Gasteiger partial charge in [-0.25, -0.2) is 4.79 Å². The van der Waals surface area contributed by atoms with E-state index >= 15 is 0 Å². The molecule has 0 radical (unpaired) electrons. The minimum Gasteiger partial charge on any atom is -0.334 e. The van der Waals surface area contributed by atoms with Crippen LogP contribution in [-0.2, 0) is 6.54 Å². The Labute approximate surface area is 132 Å². The molecule has 0 unspecified atom stereocenters. The third-order valence-corrected chi connectivity index (χ3v) is 3.87. The number of aryl methyl sites for hydroxylation is 2. The summed E-state index contributed by atoms with van der Waals surface area (Å²) in [7, 11) is 0. The largest absolute Gasteiger partial charge is 0.334 e. The third-order valence-electron chi connectivity index (χ3n) is 3.87. The lowest BCUT2D eigenvalue weighted by Crippen LogP contribution is -2.29. The van der Waals surface area contributed by atoms with E-state index in [1.807, 2.05) is 50.2 Å². The first-order valence-electron chi connectivity index (χ1n) is 7.68. The Morgan fingerprint density at radius 2 is 1.68 bits per heavy atom. The Bertz CT molecular complexity index is 662. The number of carbonyl (C=O) groups is 1. The van der Waals surface area contributed by atoms with Crippen molar-refractivity contribution in [3.05, 3.63) is 64.7 Å². The van der Waals surface area contributed by atoms with Gasteiger partial charge in [-0.3, -0.25) is 0 Å². The molecule has 0 aliphatic carbocycles. The minimum atomic E-state index is -0.167. The number of urea groups is 1. The van der Waals surface area contributed by atoms with Crippen LogP contribution in [0.5, 0.6) is 0 Å². The minimum absolute atomic E-state index is 0.167. The summed E-state index contributed by atoms with van der Waals surface area (Å²) < 4.78 is 0. The normalized spacial score (nSPS) is 10.6. The summed E-state index contributed by atoms with van der Waals surface area (Å²) in [6, 6.07) is 14.0. The van der Waals surface area contributed by atoms with Crippen molar-refractivity contribution < 1.29 is 4.79 Å². The number of hydrogen-bond donors (Lipinski definition) is 2. The second kappa shape index (κ2) is 7.12. The highest BCUT2D eigenvalue weighted by molar-refractivity contribution is 5.91. The van der Waals surface area contributed by atoms with Gasteiger partial charge in [0.1, 0.15) is 0 Å². The van der Waals surface area contributed by atoms with Crippen molar-refractivity contribution in [2.24, 2.45) is 0 Å². The maximum Gasteiger partial charge on any atom is 0.319 e. The van der Waals surface area contributed by atoms with Gasteiger partial charge < -0.3 is 10.6 Å². The van der Waals surface area contributed by atoms with Crippen LogP contribution in [-0.4, -0.2) is 6.03 Å². The van der Waals surface area contributed by atoms with Crippen LogP contribution < -0.4 is 10.6 Å². The number of nitrogens with one attached hydrogen (secondary N) is 2. The van der Waals surface area contributed by atoms with Gasteiger partial charge in [-0.2, -0.15) is 0 Å². The third kappa shape index (κ3) is 3.88. The molecule has 2 N–H and O–H groups in total. The van der Waals surface area contributed by atoms with Gasteiger partial charge in [-0.1, -0.05) is 56.3 Å². The van der Waals surface area contributed by atoms with E-state index < -0.39 is 0 Å². The van der Waals surface area contributed by atoms with Crippen molar-refractivity contribution in [2.75, 3.05) is 5.32 Å². The molecule has 3 heteroatoms. The van der Waals surface area contributed by atoms with E-state index in [4.69, 9.17) is 0 Å². The number of anilines is 1. The zero-order valence-corrected chi connectivity index (χ0v) is 13.7. The maximum absolute atomic E-state index is 12.2. The first-order valence-corrected chi connectivity index (χ1v) is 7.68. The van der Waals surface area contributed by atoms with Gasteiger partial charge in [0.15, 0.2) is 0 Å². The van der Waals surface area contributed by atoms with Crippen LogP contribution in [0.3, 0.4) is 0 Å². The number of para-hydroxylation sites is 1. The molecule has 2 aromatic rings. The second-order valence-electron chi connectivity index (χ2n) is 5.93. The van der Waals surface area contributed by atoms with E-state index in [0.29, 0.717) is 12.5 Å². The molecular weight excluding hydrogens is 272 g/mol. The molecule has 0 spiro atoms. The quantitative estimate of drug-likeness (QED) is 0.840. The molecule has 0 aliphatic rings. The van der Waals surface area contributed by atoms with Crippen LogP contribution in [0.4, 0.5) is 10.5 Å². The lowest BCUT2D eigenvalue weighted by atomic mass is 9.98. The molecule has 0 saturated heterocycles. The molecule has 0 atom stereocenters. The molecule has 0 aromatic heterocycles. The average Bonchev–Trinajstić information content (AvgIpc) is 2.48. The maximum atomic E-state index is 12.2. The summed E-state index contributed by atoms with van der Waals surface area (Å²) in [5.41, 5.74) is 5.47. The van der Waals surface area contributed by atoms with E-state index in [1.165, 1.54) is 5.56 Å². The fourth-order valence-electron chi connectivity index (χ4n) is 2.48. The SMILES string of the molecule is Cc1ccccc1CNC(=O)Nc1c(C)cccc1C(C)C. The molecule has 0 aliphatic heterocycles. The van der Waals surface area contributed by atoms with Gasteiger partial charge >= 0.3 is 6.03 Å². The first kappa shape index (κ1) is 16.1. The molecule has 0 bridgehead atoms. The lowest BCUT2D eigenvalue weighted by molar-refractivity contribution is 0.251. The Hall–Kier alpha value is -2.29. The van der Waals surface area contributed by atoms with Crippen LogP contribution in [0.2, 0.25) is 0 Å². The number of rotatable bonds is 4. The zero-order valence-electron chi connectivity index (χ0n) is 13.7. The van der Waals surface area contributed by atoms with Crippen molar-refractivity contribution in [1.29, 1.82) is 0 Å². The summed E-state index contributed by atoms with van der Waals surface area (Å²) in [6.45, 7) is 8.85. The van der Waals surface area contributed by atoms with Crippen molar-refractivity contribution in [1.82, 2.24) is 5.32 Å². The van der Waals surface area contributed by atoms with Crippen LogP contribution >= 0.6 is 0 Å². The van der Waals surface area contributed by atoms with Crippen molar-refractivity contribution in [3.8, 4) is 0 Å². The Morgan fingerprint density at radius 1 is 1.00 bits per heavy atom. The molecule has 2 rings (SSSR count). The van der Waals surface area contributed by atoms with Gasteiger partial charge in [0.05, 0.1) is 0 Å². The highest BCUT2D eigenvalue weighted by Crippen LogP contribution is 2.27. The molecule has 22 heavy (non-hydrogen) atoms. The summed E-state index contributed by atoms with van der Waals surface area (Å²) >= 11 is 0. The van der Waals surface area contributed by atoms with E-state index in [9.17, 15) is 4.79 Å². The molecule has 0 saturated carbocycles. The van der Waals surface area contributed by atoms with Crippen molar-refractivity contribution in [3.63, 3.8) is 0 Å². The Kier molecular flexibility index (Phi) is 5.21. The van der Waals surface area contributed by atoms with Crippen molar-refractivity contribution in [2.45, 2.75) is 40.2 Å². The van der Waals surface area contributed by atoms with E-state index in [0.717, 1.165) is 22.4 Å². The number of amides is 2. The zero-order chi connectivity index (χ0) is 16.1. The standard InChI is InChI=1S/C19H24N2O/c1-13(2)17-11-7-9-15(4)18(17)21-19(22)20-12-16-10-6-5-8-14(16)3/h5-11,13H,12H2,1-4H3,(H2,20,21,22). The molecule has 0 heterocycles.